The van der Waals surface area contributed by atoms with Crippen molar-refractivity contribution >= 4 is 11.6 Å². The van der Waals surface area contributed by atoms with Crippen molar-refractivity contribution in [3.63, 3.8) is 0 Å². The number of anilines is 1. The molecule has 2 aromatic rings. The lowest BCUT2D eigenvalue weighted by Gasteiger charge is -2.47. The fourth-order valence-electron chi connectivity index (χ4n) is 7.01. The number of ether oxygens (including phenoxy) is 2. The van der Waals surface area contributed by atoms with Crippen molar-refractivity contribution in [3.8, 4) is 11.5 Å². The number of nitrogens with zero attached hydrogens (tertiary/aromatic N) is 3. The molecule has 7 nitrogen and oxygen atoms in total. The summed E-state index contributed by atoms with van der Waals surface area (Å²) in [6, 6.07) is 13.9. The highest BCUT2D eigenvalue weighted by Crippen LogP contribution is 2.34. The van der Waals surface area contributed by atoms with Gasteiger partial charge in [0.1, 0.15) is 5.82 Å². The van der Waals surface area contributed by atoms with Crippen LogP contribution in [0.5, 0.6) is 11.5 Å². The van der Waals surface area contributed by atoms with E-state index < -0.39 is 0 Å². The van der Waals surface area contributed by atoms with Gasteiger partial charge >= 0.3 is 0 Å². The van der Waals surface area contributed by atoms with Gasteiger partial charge in [0.15, 0.2) is 11.5 Å². The lowest BCUT2D eigenvalue weighted by Crippen LogP contribution is -2.57. The molecule has 1 saturated carbocycles. The van der Waals surface area contributed by atoms with Gasteiger partial charge in [-0.05, 0) is 56.3 Å². The Morgan fingerprint density at radius 3 is 2.45 bits per heavy atom. The molecule has 2 saturated heterocycles. The van der Waals surface area contributed by atoms with Crippen LogP contribution in [0, 0.1) is 11.7 Å². The first-order valence-electron chi connectivity index (χ1n) is 15.0. The summed E-state index contributed by atoms with van der Waals surface area (Å²) in [5.74, 6) is 1.98. The lowest BCUT2D eigenvalue weighted by atomic mass is 9.86. The summed E-state index contributed by atoms with van der Waals surface area (Å²) in [5, 5.41) is 3.28. The largest absolute Gasteiger partial charge is 0.493 e. The lowest BCUT2D eigenvalue weighted by molar-refractivity contribution is -0.122. The van der Waals surface area contributed by atoms with Gasteiger partial charge in [0, 0.05) is 63.3 Å². The van der Waals surface area contributed by atoms with Gasteiger partial charge in [-0.1, -0.05) is 37.1 Å². The standard InChI is InChI=1S/C32H45FN4O3/c1-39-30-13-7-8-25(32(30)40-2)23-35-17-16-28(24(22-35)14-15-31(38)34-26-9-3-4-10-26)36-18-20-37(21-19-36)29-12-6-5-11-27(29)33/h5-8,11-13,24,26,28H,3-4,9-10,14-23H2,1-2H3,(H,34,38)/t24-,28+/m1/s1. The van der Waals surface area contributed by atoms with E-state index in [0.717, 1.165) is 88.6 Å². The van der Waals surface area contributed by atoms with Gasteiger partial charge in [-0.3, -0.25) is 14.6 Å². The van der Waals surface area contributed by atoms with E-state index in [1.54, 1.807) is 26.4 Å². The smallest absolute Gasteiger partial charge is 0.220 e. The molecule has 3 aliphatic rings. The first-order valence-corrected chi connectivity index (χ1v) is 15.0. The summed E-state index contributed by atoms with van der Waals surface area (Å²) >= 11 is 0. The second-order valence-corrected chi connectivity index (χ2v) is 11.6. The number of nitrogens with one attached hydrogen (secondary N) is 1. The zero-order valence-electron chi connectivity index (χ0n) is 24.1. The Bertz CT molecular complexity index is 1120. The maximum Gasteiger partial charge on any atom is 0.220 e. The Hall–Kier alpha value is -2.84. The zero-order chi connectivity index (χ0) is 27.9. The number of carbonyl (C=O) groups is 1. The molecule has 218 valence electrons. The minimum Gasteiger partial charge on any atom is -0.493 e. The summed E-state index contributed by atoms with van der Waals surface area (Å²) in [7, 11) is 3.37. The number of benzene rings is 2. The van der Waals surface area contributed by atoms with Crippen molar-refractivity contribution in [1.82, 2.24) is 15.1 Å². The van der Waals surface area contributed by atoms with E-state index in [4.69, 9.17) is 9.47 Å². The minimum absolute atomic E-state index is 0.150. The second-order valence-electron chi connectivity index (χ2n) is 11.6. The summed E-state index contributed by atoms with van der Waals surface area (Å²) in [6.45, 7) is 6.17. The monoisotopic (exact) mass is 552 g/mol. The number of amides is 1. The molecule has 2 aliphatic heterocycles. The van der Waals surface area contributed by atoms with Crippen molar-refractivity contribution in [3.05, 3.63) is 53.8 Å². The molecule has 40 heavy (non-hydrogen) atoms. The molecule has 0 bridgehead atoms. The van der Waals surface area contributed by atoms with E-state index in [1.807, 2.05) is 24.3 Å². The third-order valence-corrected chi connectivity index (χ3v) is 9.10. The molecule has 5 rings (SSSR count). The molecule has 2 aromatic carbocycles. The van der Waals surface area contributed by atoms with Gasteiger partial charge in [-0.15, -0.1) is 0 Å². The molecule has 2 atom stereocenters. The van der Waals surface area contributed by atoms with E-state index in [0.29, 0.717) is 30.1 Å². The van der Waals surface area contributed by atoms with Crippen molar-refractivity contribution in [1.29, 1.82) is 0 Å². The number of halogens is 1. The fraction of sp³-hybridized carbons (Fsp3) is 0.594. The predicted molar refractivity (Wildman–Crippen MR) is 157 cm³/mol. The van der Waals surface area contributed by atoms with Gasteiger partial charge in [-0.2, -0.15) is 0 Å². The minimum atomic E-state index is -0.150. The molecule has 8 heteroatoms. The van der Waals surface area contributed by atoms with Crippen LogP contribution in [0.25, 0.3) is 0 Å². The number of hydrogen-bond acceptors (Lipinski definition) is 6. The molecular formula is C32H45FN4O3. The highest BCUT2D eigenvalue weighted by atomic mass is 19.1. The first-order chi connectivity index (χ1) is 19.6. The van der Waals surface area contributed by atoms with E-state index in [9.17, 15) is 9.18 Å². The predicted octanol–water partition coefficient (Wildman–Crippen LogP) is 4.69. The van der Waals surface area contributed by atoms with Crippen LogP contribution in [0.4, 0.5) is 10.1 Å². The average Bonchev–Trinajstić information content (AvgIpc) is 3.49. The number of piperazine rings is 1. The van der Waals surface area contributed by atoms with Crippen molar-refractivity contribution in [2.75, 3.05) is 58.4 Å². The van der Waals surface area contributed by atoms with Gasteiger partial charge in [-0.25, -0.2) is 4.39 Å². The van der Waals surface area contributed by atoms with E-state index in [1.165, 1.54) is 12.8 Å². The van der Waals surface area contributed by atoms with Gasteiger partial charge in [0.2, 0.25) is 5.91 Å². The Balaban J connectivity index is 1.24. The van der Waals surface area contributed by atoms with Crippen LogP contribution >= 0.6 is 0 Å². The normalized spacial score (nSPS) is 22.8. The molecular weight excluding hydrogens is 507 g/mol. The van der Waals surface area contributed by atoms with Crippen LogP contribution in [-0.2, 0) is 11.3 Å². The Labute approximate surface area is 238 Å². The Kier molecular flexibility index (Phi) is 9.81. The molecule has 1 aliphatic carbocycles. The van der Waals surface area contributed by atoms with Crippen LogP contribution in [0.3, 0.4) is 0 Å². The number of para-hydroxylation sites is 2. The number of hydrogen-bond donors (Lipinski definition) is 1. The van der Waals surface area contributed by atoms with Crippen LogP contribution in [0.15, 0.2) is 42.5 Å². The summed E-state index contributed by atoms with van der Waals surface area (Å²) < 4.78 is 25.7. The quantitative estimate of drug-likeness (QED) is 0.462. The number of piperidine rings is 1. The topological polar surface area (TPSA) is 57.3 Å². The van der Waals surface area contributed by atoms with Crippen molar-refractivity contribution < 1.29 is 18.7 Å². The first kappa shape index (κ1) is 28.7. The Morgan fingerprint density at radius 2 is 1.73 bits per heavy atom. The molecule has 1 N–H and O–H groups in total. The third-order valence-electron chi connectivity index (χ3n) is 9.10. The molecule has 0 unspecified atom stereocenters. The van der Waals surface area contributed by atoms with Gasteiger partial charge in [0.05, 0.1) is 19.9 Å². The van der Waals surface area contributed by atoms with Crippen molar-refractivity contribution in [2.45, 2.75) is 63.6 Å². The fourth-order valence-corrected chi connectivity index (χ4v) is 7.01. The van der Waals surface area contributed by atoms with Gasteiger partial charge < -0.3 is 19.7 Å². The van der Waals surface area contributed by atoms with Crippen LogP contribution < -0.4 is 19.7 Å². The third kappa shape index (κ3) is 6.89. The number of likely N-dealkylation sites (tertiary alicyclic amines) is 1. The molecule has 0 spiro atoms. The molecule has 0 aromatic heterocycles. The molecule has 2 heterocycles. The van der Waals surface area contributed by atoms with Crippen LogP contribution in [0.2, 0.25) is 0 Å². The van der Waals surface area contributed by atoms with Crippen LogP contribution in [-0.4, -0.2) is 81.3 Å². The highest BCUT2D eigenvalue weighted by molar-refractivity contribution is 5.76. The van der Waals surface area contributed by atoms with E-state index >= 15 is 0 Å². The van der Waals surface area contributed by atoms with Crippen molar-refractivity contribution in [2.24, 2.45) is 5.92 Å². The molecule has 0 radical (unpaired) electrons. The number of methoxy groups -OCH3 is 2. The number of rotatable bonds is 10. The van der Waals surface area contributed by atoms with Crippen LogP contribution in [0.1, 0.15) is 50.5 Å². The van der Waals surface area contributed by atoms with E-state index in [2.05, 4.69) is 26.1 Å². The summed E-state index contributed by atoms with van der Waals surface area (Å²) in [5.41, 5.74) is 1.82. The van der Waals surface area contributed by atoms with E-state index in [-0.39, 0.29) is 11.7 Å². The maximum absolute atomic E-state index is 14.4. The highest BCUT2D eigenvalue weighted by Gasteiger charge is 2.35. The maximum atomic E-state index is 14.4. The van der Waals surface area contributed by atoms with Gasteiger partial charge in [0.25, 0.3) is 0 Å². The Morgan fingerprint density at radius 1 is 0.950 bits per heavy atom. The summed E-state index contributed by atoms with van der Waals surface area (Å²) in [6.07, 6.45) is 7.17. The SMILES string of the molecule is COc1cccc(CN2CC[C@H](N3CCN(c4ccccc4F)CC3)[C@H](CCC(=O)NC3CCCC3)C2)c1OC. The molecule has 1 amide bonds. The summed E-state index contributed by atoms with van der Waals surface area (Å²) in [4.78, 5) is 20.1. The second kappa shape index (κ2) is 13.7. The number of carbonyl (C=O) groups excluding carboxylic acids is 1. The average molecular weight is 553 g/mol. The molecule has 3 fully saturated rings. The zero-order valence-corrected chi connectivity index (χ0v) is 24.1.